The minimum absolute atomic E-state index is 0.111. The van der Waals surface area contributed by atoms with E-state index in [2.05, 4.69) is 215 Å². The Labute approximate surface area is 399 Å². The van der Waals surface area contributed by atoms with Gasteiger partial charge < -0.3 is 9.80 Å². The van der Waals surface area contributed by atoms with E-state index in [0.29, 0.717) is 12.0 Å². The molecule has 67 heavy (non-hydrogen) atoms. The van der Waals surface area contributed by atoms with Gasteiger partial charge in [0.25, 0.3) is 0 Å². The maximum absolute atomic E-state index is 4.05. The molecule has 7 aromatic carbocycles. The number of benzene rings is 7. The molecule has 2 unspecified atom stereocenters. The Bertz CT molecular complexity index is 3190. The number of rotatable bonds is 8. The number of hydrogen-bond donors (Lipinski definition) is 0. The second-order valence-electron chi connectivity index (χ2n) is 21.2. The van der Waals surface area contributed by atoms with Crippen LogP contribution >= 0.6 is 0 Å². The molecular weight excluding hydrogens is 809 g/mol. The van der Waals surface area contributed by atoms with Crippen LogP contribution in [-0.4, -0.2) is 6.04 Å². The summed E-state index contributed by atoms with van der Waals surface area (Å²) in [6.07, 6.45) is 16.0. The van der Waals surface area contributed by atoms with Gasteiger partial charge in [0.2, 0.25) is 0 Å². The third-order valence-electron chi connectivity index (χ3n) is 16.5. The van der Waals surface area contributed by atoms with Gasteiger partial charge >= 0.3 is 0 Å². The summed E-state index contributed by atoms with van der Waals surface area (Å²) in [6, 6.07) is 56.4. The Hall–Kier alpha value is -6.64. The van der Waals surface area contributed by atoms with E-state index < -0.39 is 0 Å². The SMILES string of the molecule is C=CCCC1C(C)Cc2ccccc2N1c1ccc(-c2ccc3c(c2)C(C)(C)c2cc(/C=C/c4ccc5c(c4)C(C)(C)c4cc(N6C7=C(CCCC7)Cc7ccccc76)ccc4-5)ccc2-3)cc1. The zero-order valence-corrected chi connectivity index (χ0v) is 40.0. The molecule has 7 aromatic rings. The number of anilines is 4. The van der Waals surface area contributed by atoms with Gasteiger partial charge in [-0.1, -0.05) is 156 Å². The Morgan fingerprint density at radius 1 is 0.567 bits per heavy atom. The first-order valence-corrected chi connectivity index (χ1v) is 25.0. The quantitative estimate of drug-likeness (QED) is 0.111. The summed E-state index contributed by atoms with van der Waals surface area (Å²) < 4.78 is 0. The zero-order valence-electron chi connectivity index (χ0n) is 40.0. The van der Waals surface area contributed by atoms with Crippen LogP contribution in [0.15, 0.2) is 170 Å². The van der Waals surface area contributed by atoms with E-state index in [0.717, 1.165) is 32.1 Å². The van der Waals surface area contributed by atoms with Gasteiger partial charge in [-0.2, -0.15) is 0 Å². The fourth-order valence-electron chi connectivity index (χ4n) is 12.9. The van der Waals surface area contributed by atoms with Crippen molar-refractivity contribution in [2.75, 3.05) is 9.80 Å². The standard InChI is InChI=1S/C65H62N2/c1-7-8-18-60-42(2)36-47-15-9-12-19-61(47)66(60)50-29-26-45(27-30-50)46-28-34-54-52-32-24-43(37-56(52)64(3,4)58(54)40-46)22-23-44-25-33-53-55-35-31-51(41-59(55)65(5,6)57(53)38-44)67-62-20-13-10-16-48(62)39-49-17-11-14-21-63(49)67/h7,9-10,12-13,15-16,19-20,22-35,37-38,40-42,60H,1,8,11,14,17-18,21,36,39H2,2-6H3/b23-22+. The number of hydrogen-bond acceptors (Lipinski definition) is 2. The van der Waals surface area contributed by atoms with E-state index in [1.165, 1.54) is 120 Å². The maximum Gasteiger partial charge on any atom is 0.0493 e. The van der Waals surface area contributed by atoms with Crippen molar-refractivity contribution in [1.29, 1.82) is 0 Å². The largest absolute Gasteiger partial charge is 0.338 e. The van der Waals surface area contributed by atoms with Crippen molar-refractivity contribution < 1.29 is 0 Å². The number of para-hydroxylation sites is 2. The smallest absolute Gasteiger partial charge is 0.0493 e. The summed E-state index contributed by atoms with van der Waals surface area (Å²) in [5, 5.41) is 0. The van der Waals surface area contributed by atoms with Crippen LogP contribution < -0.4 is 9.80 Å². The fraction of sp³-hybridized carbons (Fsp3) is 0.262. The second kappa shape index (κ2) is 16.0. The zero-order chi connectivity index (χ0) is 45.6. The van der Waals surface area contributed by atoms with Crippen LogP contribution in [0, 0.1) is 5.92 Å². The van der Waals surface area contributed by atoms with Crippen LogP contribution in [0.3, 0.4) is 0 Å². The first kappa shape index (κ1) is 41.8. The monoisotopic (exact) mass is 870 g/mol. The first-order valence-electron chi connectivity index (χ1n) is 25.0. The molecule has 0 N–H and O–H groups in total. The molecule has 0 aromatic heterocycles. The van der Waals surface area contributed by atoms with Crippen LogP contribution in [0.4, 0.5) is 22.7 Å². The summed E-state index contributed by atoms with van der Waals surface area (Å²) in [7, 11) is 0. The molecule has 2 heterocycles. The van der Waals surface area contributed by atoms with Crippen molar-refractivity contribution in [3.63, 3.8) is 0 Å². The molecule has 0 bridgehead atoms. The van der Waals surface area contributed by atoms with Crippen LogP contribution in [0.2, 0.25) is 0 Å². The van der Waals surface area contributed by atoms with E-state index in [1.54, 1.807) is 11.3 Å². The normalized spacial score (nSPS) is 19.3. The molecule has 0 fully saturated rings. The van der Waals surface area contributed by atoms with Gasteiger partial charge in [-0.25, -0.2) is 0 Å². The number of nitrogens with zero attached hydrogens (tertiary/aromatic N) is 2. The molecule has 2 atom stereocenters. The predicted molar refractivity (Wildman–Crippen MR) is 285 cm³/mol. The van der Waals surface area contributed by atoms with Crippen molar-refractivity contribution in [2.24, 2.45) is 5.92 Å². The highest BCUT2D eigenvalue weighted by Crippen LogP contribution is 2.53. The van der Waals surface area contributed by atoms with Gasteiger partial charge in [-0.05, 0) is 183 Å². The maximum atomic E-state index is 4.05. The average molecular weight is 871 g/mol. The second-order valence-corrected chi connectivity index (χ2v) is 21.2. The van der Waals surface area contributed by atoms with E-state index in [1.807, 2.05) is 0 Å². The predicted octanol–water partition coefficient (Wildman–Crippen LogP) is 17.3. The van der Waals surface area contributed by atoms with Crippen LogP contribution in [0.5, 0.6) is 0 Å². The van der Waals surface area contributed by atoms with Gasteiger partial charge in [-0.3, -0.25) is 0 Å². The lowest BCUT2D eigenvalue weighted by Crippen LogP contribution is -2.41. The molecule has 2 aliphatic heterocycles. The average Bonchev–Trinajstić information content (AvgIpc) is 3.72. The highest BCUT2D eigenvalue weighted by molar-refractivity contribution is 5.88. The summed E-state index contributed by atoms with van der Waals surface area (Å²) in [5.74, 6) is 0.568. The van der Waals surface area contributed by atoms with Crippen LogP contribution in [-0.2, 0) is 23.7 Å². The minimum atomic E-state index is -0.121. The molecule has 2 nitrogen and oxygen atoms in total. The van der Waals surface area contributed by atoms with Crippen molar-refractivity contribution in [2.45, 2.75) is 103 Å². The molecular formula is C65H62N2. The van der Waals surface area contributed by atoms with Crippen LogP contribution in [0.25, 0.3) is 45.5 Å². The van der Waals surface area contributed by atoms with Gasteiger partial charge in [0.15, 0.2) is 0 Å². The molecule has 332 valence electrons. The molecule has 0 saturated heterocycles. The Morgan fingerprint density at radius 2 is 1.12 bits per heavy atom. The molecule has 0 radical (unpaired) electrons. The molecule has 0 saturated carbocycles. The van der Waals surface area contributed by atoms with Crippen molar-refractivity contribution in [1.82, 2.24) is 0 Å². The summed E-state index contributed by atoms with van der Waals surface area (Å²) in [4.78, 5) is 5.20. The molecule has 2 heteroatoms. The lowest BCUT2D eigenvalue weighted by molar-refractivity contribution is 0.409. The minimum Gasteiger partial charge on any atom is -0.338 e. The highest BCUT2D eigenvalue weighted by Gasteiger charge is 2.39. The number of allylic oxidation sites excluding steroid dienone is 3. The Balaban J connectivity index is 0.795. The summed E-state index contributed by atoms with van der Waals surface area (Å²) in [5.41, 5.74) is 27.2. The molecule has 0 amide bonds. The van der Waals surface area contributed by atoms with Gasteiger partial charge in [0.05, 0.1) is 0 Å². The topological polar surface area (TPSA) is 6.48 Å². The molecule has 3 aliphatic carbocycles. The van der Waals surface area contributed by atoms with E-state index in [-0.39, 0.29) is 10.8 Å². The Kier molecular flexibility index (Phi) is 9.98. The summed E-state index contributed by atoms with van der Waals surface area (Å²) >= 11 is 0. The first-order chi connectivity index (χ1) is 32.6. The van der Waals surface area contributed by atoms with Crippen molar-refractivity contribution >= 4 is 34.9 Å². The third kappa shape index (κ3) is 6.81. The molecule has 5 aliphatic rings. The van der Waals surface area contributed by atoms with Crippen molar-refractivity contribution in [3.8, 4) is 33.4 Å². The van der Waals surface area contributed by atoms with E-state index >= 15 is 0 Å². The number of fused-ring (bicyclic) bond motifs is 8. The molecule has 0 spiro atoms. The van der Waals surface area contributed by atoms with Gasteiger partial charge in [0.1, 0.15) is 0 Å². The fourth-order valence-corrected chi connectivity index (χ4v) is 12.9. The van der Waals surface area contributed by atoms with Crippen molar-refractivity contribution in [3.05, 3.63) is 214 Å². The highest BCUT2D eigenvalue weighted by atomic mass is 15.2. The molecule has 12 rings (SSSR count). The van der Waals surface area contributed by atoms with Gasteiger partial charge in [-0.15, -0.1) is 6.58 Å². The summed E-state index contributed by atoms with van der Waals surface area (Å²) in [6.45, 7) is 16.1. The third-order valence-corrected chi connectivity index (χ3v) is 16.5. The van der Waals surface area contributed by atoms with E-state index in [9.17, 15) is 0 Å². The van der Waals surface area contributed by atoms with E-state index in [4.69, 9.17) is 0 Å². The lowest BCUT2D eigenvalue weighted by atomic mass is 9.81. The Morgan fingerprint density at radius 3 is 1.81 bits per heavy atom. The van der Waals surface area contributed by atoms with Gasteiger partial charge in [0, 0.05) is 45.3 Å². The lowest BCUT2D eigenvalue weighted by Gasteiger charge is -2.43. The van der Waals surface area contributed by atoms with Crippen LogP contribution in [0.1, 0.15) is 118 Å².